The summed E-state index contributed by atoms with van der Waals surface area (Å²) in [6.07, 6.45) is 0. The van der Waals surface area contributed by atoms with Gasteiger partial charge in [0.2, 0.25) is 0 Å². The van der Waals surface area contributed by atoms with Crippen LogP contribution in [0.1, 0.15) is 31.7 Å². The highest BCUT2D eigenvalue weighted by atomic mass is 32.1. The number of carbonyl (C=O) groups excluding carboxylic acids is 3. The first-order chi connectivity index (χ1) is 9.73. The molecule has 1 aromatic heterocycles. The molecule has 0 spiro atoms. The molecule has 1 aliphatic heterocycles. The molecule has 4 amide bonds. The number of likely N-dealkylation sites (N-methyl/N-ethyl adjacent to an activating group) is 1. The third kappa shape index (κ3) is 2.98. The first-order valence-corrected chi connectivity index (χ1v) is 7.51. The molecule has 0 aromatic carbocycles. The van der Waals surface area contributed by atoms with E-state index in [1.54, 1.807) is 11.3 Å². The fraction of sp³-hybridized carbons (Fsp3) is 0.500. The summed E-state index contributed by atoms with van der Waals surface area (Å²) in [4.78, 5) is 38.0. The molecule has 1 unspecified atom stereocenters. The maximum atomic E-state index is 11.8. The summed E-state index contributed by atoms with van der Waals surface area (Å²) in [6, 6.07) is 3.37. The molecule has 7 heteroatoms. The third-order valence-electron chi connectivity index (χ3n) is 3.40. The summed E-state index contributed by atoms with van der Waals surface area (Å²) >= 11 is 1.61. The summed E-state index contributed by atoms with van der Waals surface area (Å²) in [5, 5.41) is 5.21. The van der Waals surface area contributed by atoms with Crippen LogP contribution in [-0.2, 0) is 9.59 Å². The first kappa shape index (κ1) is 15.7. The quantitative estimate of drug-likeness (QED) is 0.680. The van der Waals surface area contributed by atoms with Crippen LogP contribution in [0.4, 0.5) is 4.79 Å². The van der Waals surface area contributed by atoms with Gasteiger partial charge in [0.15, 0.2) is 0 Å². The molecular formula is C14H19N3O3S. The van der Waals surface area contributed by atoms with Crippen molar-refractivity contribution >= 4 is 29.2 Å². The maximum Gasteiger partial charge on any atom is 0.335 e. The van der Waals surface area contributed by atoms with Crippen LogP contribution in [0.3, 0.4) is 0 Å². The second-order valence-corrected chi connectivity index (χ2v) is 7.04. The molecule has 21 heavy (non-hydrogen) atoms. The van der Waals surface area contributed by atoms with Crippen LogP contribution in [0.5, 0.6) is 0 Å². The molecule has 1 fully saturated rings. The average molecular weight is 309 g/mol. The van der Waals surface area contributed by atoms with E-state index >= 15 is 0 Å². The topological polar surface area (TPSA) is 69.7 Å². The second-order valence-electron chi connectivity index (χ2n) is 6.06. The van der Waals surface area contributed by atoms with Gasteiger partial charge in [0, 0.05) is 18.0 Å². The van der Waals surface area contributed by atoms with Crippen molar-refractivity contribution in [3.63, 3.8) is 0 Å². The average Bonchev–Trinajstić information content (AvgIpc) is 2.97. The van der Waals surface area contributed by atoms with Crippen molar-refractivity contribution in [2.75, 3.05) is 13.7 Å². The Balaban J connectivity index is 2.12. The van der Waals surface area contributed by atoms with Crippen molar-refractivity contribution in [1.82, 2.24) is 15.1 Å². The van der Waals surface area contributed by atoms with E-state index in [1.165, 1.54) is 7.05 Å². The van der Waals surface area contributed by atoms with Gasteiger partial charge < -0.3 is 0 Å². The molecule has 1 N–H and O–H groups in total. The minimum Gasteiger partial charge on any atom is -0.291 e. The molecule has 0 radical (unpaired) electrons. The van der Waals surface area contributed by atoms with Gasteiger partial charge in [-0.05, 0) is 16.9 Å². The highest BCUT2D eigenvalue weighted by molar-refractivity contribution is 7.10. The smallest absolute Gasteiger partial charge is 0.291 e. The molecule has 0 bridgehead atoms. The van der Waals surface area contributed by atoms with Crippen LogP contribution in [0, 0.1) is 5.41 Å². The number of hydrogen-bond acceptors (Lipinski definition) is 5. The number of imide groups is 2. The Morgan fingerprint density at radius 2 is 1.90 bits per heavy atom. The summed E-state index contributed by atoms with van der Waals surface area (Å²) in [5.41, 5.74) is -0.0907. The first-order valence-electron chi connectivity index (χ1n) is 6.63. The van der Waals surface area contributed by atoms with Crippen LogP contribution in [0.2, 0.25) is 0 Å². The van der Waals surface area contributed by atoms with Crippen LogP contribution < -0.4 is 5.32 Å². The van der Waals surface area contributed by atoms with Crippen LogP contribution in [-0.4, -0.2) is 41.4 Å². The zero-order valence-electron chi connectivity index (χ0n) is 12.5. The standard InChI is InChI=1S/C14H19N3O3S/c1-14(2,3)10(9-6-5-7-21-9)15-8-17-12(19)11(18)16(4)13(17)20/h5-7,10,15H,8H2,1-4H3. The predicted octanol–water partition coefficient (Wildman–Crippen LogP) is 1.80. The lowest BCUT2D eigenvalue weighted by Gasteiger charge is -2.32. The van der Waals surface area contributed by atoms with Crippen molar-refractivity contribution < 1.29 is 14.4 Å². The van der Waals surface area contributed by atoms with Gasteiger partial charge in [-0.1, -0.05) is 26.8 Å². The van der Waals surface area contributed by atoms with Crippen LogP contribution >= 0.6 is 11.3 Å². The lowest BCUT2D eigenvalue weighted by Crippen LogP contribution is -2.43. The van der Waals surface area contributed by atoms with Crippen molar-refractivity contribution in [1.29, 1.82) is 0 Å². The van der Waals surface area contributed by atoms with Gasteiger partial charge in [-0.3, -0.25) is 19.8 Å². The summed E-state index contributed by atoms with van der Waals surface area (Å²) in [6.45, 7) is 6.26. The minimum atomic E-state index is -0.787. The molecule has 2 rings (SSSR count). The summed E-state index contributed by atoms with van der Waals surface area (Å²) < 4.78 is 0. The number of hydrogen-bond donors (Lipinski definition) is 1. The fourth-order valence-corrected chi connectivity index (χ4v) is 3.27. The lowest BCUT2D eigenvalue weighted by molar-refractivity contribution is -0.143. The maximum absolute atomic E-state index is 11.8. The zero-order valence-corrected chi connectivity index (χ0v) is 13.4. The third-order valence-corrected chi connectivity index (χ3v) is 4.33. The van der Waals surface area contributed by atoms with E-state index in [0.717, 1.165) is 14.7 Å². The van der Waals surface area contributed by atoms with E-state index in [9.17, 15) is 14.4 Å². The van der Waals surface area contributed by atoms with Crippen molar-refractivity contribution in [3.8, 4) is 0 Å². The Morgan fingerprint density at radius 1 is 1.24 bits per heavy atom. The Hall–Kier alpha value is -1.73. The van der Waals surface area contributed by atoms with Crippen molar-refractivity contribution in [3.05, 3.63) is 22.4 Å². The van der Waals surface area contributed by atoms with Gasteiger partial charge in [-0.15, -0.1) is 11.3 Å². The number of nitrogens with one attached hydrogen (secondary N) is 1. The van der Waals surface area contributed by atoms with E-state index in [4.69, 9.17) is 0 Å². The SMILES string of the molecule is CN1C(=O)C(=O)N(CNC(c2cccs2)C(C)(C)C)C1=O. The van der Waals surface area contributed by atoms with Crippen LogP contribution in [0.25, 0.3) is 0 Å². The molecule has 114 valence electrons. The Morgan fingerprint density at radius 3 is 2.33 bits per heavy atom. The monoisotopic (exact) mass is 309 g/mol. The molecule has 2 heterocycles. The summed E-state index contributed by atoms with van der Waals surface area (Å²) in [5.74, 6) is -1.57. The van der Waals surface area contributed by atoms with E-state index < -0.39 is 17.8 Å². The Labute approximate surface area is 127 Å². The molecule has 0 aliphatic carbocycles. The number of amides is 4. The van der Waals surface area contributed by atoms with E-state index in [2.05, 4.69) is 26.1 Å². The zero-order chi connectivity index (χ0) is 15.8. The number of nitrogens with zero attached hydrogens (tertiary/aromatic N) is 2. The van der Waals surface area contributed by atoms with E-state index in [0.29, 0.717) is 0 Å². The summed E-state index contributed by atoms with van der Waals surface area (Å²) in [7, 11) is 1.31. The highest BCUT2D eigenvalue weighted by Crippen LogP contribution is 2.35. The fourth-order valence-electron chi connectivity index (χ4n) is 2.22. The predicted molar refractivity (Wildman–Crippen MR) is 79.5 cm³/mol. The molecular weight excluding hydrogens is 290 g/mol. The Bertz CT molecular complexity index is 563. The molecule has 0 saturated carbocycles. The van der Waals surface area contributed by atoms with Gasteiger partial charge >= 0.3 is 17.8 Å². The molecule has 6 nitrogen and oxygen atoms in total. The number of rotatable bonds is 4. The number of urea groups is 1. The minimum absolute atomic E-state index is 0.0147. The number of thiophene rings is 1. The molecule has 1 aromatic rings. The normalized spacial score (nSPS) is 17.8. The molecule has 1 saturated heterocycles. The van der Waals surface area contributed by atoms with Crippen molar-refractivity contribution in [2.24, 2.45) is 5.41 Å². The Kier molecular flexibility index (Phi) is 4.15. The van der Waals surface area contributed by atoms with Gasteiger partial charge in [0.1, 0.15) is 0 Å². The highest BCUT2D eigenvalue weighted by Gasteiger charge is 2.42. The van der Waals surface area contributed by atoms with Crippen LogP contribution in [0.15, 0.2) is 17.5 Å². The van der Waals surface area contributed by atoms with Gasteiger partial charge in [-0.25, -0.2) is 9.69 Å². The molecule has 1 atom stereocenters. The second kappa shape index (κ2) is 5.57. The largest absolute Gasteiger partial charge is 0.335 e. The van der Waals surface area contributed by atoms with E-state index in [-0.39, 0.29) is 18.1 Å². The lowest BCUT2D eigenvalue weighted by atomic mass is 9.86. The number of carbonyl (C=O) groups is 3. The van der Waals surface area contributed by atoms with Gasteiger partial charge in [-0.2, -0.15) is 0 Å². The van der Waals surface area contributed by atoms with E-state index in [1.807, 2.05) is 17.5 Å². The van der Waals surface area contributed by atoms with Gasteiger partial charge in [0.25, 0.3) is 0 Å². The van der Waals surface area contributed by atoms with Gasteiger partial charge in [0.05, 0.1) is 6.67 Å². The molecule has 1 aliphatic rings. The van der Waals surface area contributed by atoms with Crippen molar-refractivity contribution in [2.45, 2.75) is 26.8 Å².